The first-order valence-electron chi connectivity index (χ1n) is 4.67. The van der Waals surface area contributed by atoms with Crippen LogP contribution >= 0.6 is 0 Å². The van der Waals surface area contributed by atoms with E-state index in [4.69, 9.17) is 0 Å². The molecule has 14 heavy (non-hydrogen) atoms. The molecule has 1 atom stereocenters. The lowest BCUT2D eigenvalue weighted by Crippen LogP contribution is -2.22. The summed E-state index contributed by atoms with van der Waals surface area (Å²) in [7, 11) is 0. The third kappa shape index (κ3) is 3.58. The average molecular weight is 193 g/mol. The zero-order valence-electron chi connectivity index (χ0n) is 8.23. The molecule has 0 fully saturated rings. The van der Waals surface area contributed by atoms with Gasteiger partial charge in [-0.05, 0) is 12.0 Å². The fraction of sp³-hybridized carbons (Fsp3) is 0.364. The second kappa shape index (κ2) is 5.40. The van der Waals surface area contributed by atoms with Crippen LogP contribution in [0.25, 0.3) is 0 Å². The van der Waals surface area contributed by atoms with Crippen LogP contribution in [0.4, 0.5) is 0 Å². The molecule has 0 radical (unpaired) electrons. The van der Waals surface area contributed by atoms with E-state index < -0.39 is 6.10 Å². The van der Waals surface area contributed by atoms with Gasteiger partial charge in [-0.3, -0.25) is 4.79 Å². The summed E-state index contributed by atoms with van der Waals surface area (Å²) in [5.41, 5.74) is 0.887. The van der Waals surface area contributed by atoms with Gasteiger partial charge in [0.25, 0.3) is 0 Å². The number of amides is 1. The van der Waals surface area contributed by atoms with E-state index in [1.165, 1.54) is 6.92 Å². The van der Waals surface area contributed by atoms with E-state index in [2.05, 4.69) is 5.32 Å². The fourth-order valence-corrected chi connectivity index (χ4v) is 1.23. The van der Waals surface area contributed by atoms with Crippen LogP contribution in [0.2, 0.25) is 0 Å². The van der Waals surface area contributed by atoms with E-state index in [9.17, 15) is 9.90 Å². The van der Waals surface area contributed by atoms with Gasteiger partial charge in [-0.2, -0.15) is 0 Å². The summed E-state index contributed by atoms with van der Waals surface area (Å²) < 4.78 is 0. The molecule has 0 aliphatic rings. The quantitative estimate of drug-likeness (QED) is 0.756. The van der Waals surface area contributed by atoms with Gasteiger partial charge >= 0.3 is 0 Å². The normalized spacial score (nSPS) is 12.1. The first-order chi connectivity index (χ1) is 6.70. The summed E-state index contributed by atoms with van der Waals surface area (Å²) in [5.74, 6) is -0.0646. The minimum absolute atomic E-state index is 0.0646. The minimum atomic E-state index is -0.497. The Labute approximate surface area is 83.8 Å². The van der Waals surface area contributed by atoms with Crippen LogP contribution in [0.15, 0.2) is 30.3 Å². The maximum absolute atomic E-state index is 10.6. The van der Waals surface area contributed by atoms with Crippen LogP contribution in [0.1, 0.15) is 25.0 Å². The van der Waals surface area contributed by atoms with Crippen molar-refractivity contribution in [3.8, 4) is 0 Å². The molecule has 1 rings (SSSR count). The number of benzene rings is 1. The zero-order valence-corrected chi connectivity index (χ0v) is 8.23. The maximum Gasteiger partial charge on any atom is 0.216 e. The topological polar surface area (TPSA) is 49.3 Å². The van der Waals surface area contributed by atoms with Crippen LogP contribution in [-0.2, 0) is 4.79 Å². The molecule has 1 aromatic carbocycles. The van der Waals surface area contributed by atoms with Crippen molar-refractivity contribution in [2.75, 3.05) is 6.54 Å². The Morgan fingerprint density at radius 2 is 2.07 bits per heavy atom. The highest BCUT2D eigenvalue weighted by atomic mass is 16.3. The molecule has 1 unspecified atom stereocenters. The molecule has 3 nitrogen and oxygen atoms in total. The van der Waals surface area contributed by atoms with Crippen LogP contribution in [-0.4, -0.2) is 17.6 Å². The van der Waals surface area contributed by atoms with Gasteiger partial charge in [0, 0.05) is 13.5 Å². The van der Waals surface area contributed by atoms with Crippen molar-refractivity contribution in [3.05, 3.63) is 35.9 Å². The first kappa shape index (κ1) is 10.7. The summed E-state index contributed by atoms with van der Waals surface area (Å²) in [5, 5.41) is 12.3. The molecule has 0 spiro atoms. The molecule has 76 valence electrons. The van der Waals surface area contributed by atoms with Gasteiger partial charge < -0.3 is 10.4 Å². The Balaban J connectivity index is 2.36. The molecule has 1 aromatic rings. The summed E-state index contributed by atoms with van der Waals surface area (Å²) >= 11 is 0. The Bertz CT molecular complexity index is 285. The maximum atomic E-state index is 10.6. The van der Waals surface area contributed by atoms with Gasteiger partial charge in [-0.15, -0.1) is 0 Å². The van der Waals surface area contributed by atoms with E-state index >= 15 is 0 Å². The smallest absolute Gasteiger partial charge is 0.216 e. The summed E-state index contributed by atoms with van der Waals surface area (Å²) in [4.78, 5) is 10.6. The molecule has 0 saturated heterocycles. The van der Waals surface area contributed by atoms with Crippen molar-refractivity contribution in [1.82, 2.24) is 5.32 Å². The van der Waals surface area contributed by atoms with Crippen LogP contribution < -0.4 is 5.32 Å². The Hall–Kier alpha value is -1.35. The van der Waals surface area contributed by atoms with Crippen molar-refractivity contribution < 1.29 is 9.90 Å². The van der Waals surface area contributed by atoms with Gasteiger partial charge in [0.05, 0.1) is 6.10 Å². The fourth-order valence-electron chi connectivity index (χ4n) is 1.23. The number of aliphatic hydroxyl groups excluding tert-OH is 1. The predicted molar refractivity (Wildman–Crippen MR) is 54.7 cm³/mol. The molecule has 0 bridgehead atoms. The summed E-state index contributed by atoms with van der Waals surface area (Å²) in [6.45, 7) is 1.97. The van der Waals surface area contributed by atoms with Crippen LogP contribution in [0, 0.1) is 0 Å². The number of carbonyl (C=O) groups excluding carboxylic acids is 1. The van der Waals surface area contributed by atoms with Crippen molar-refractivity contribution in [3.63, 3.8) is 0 Å². The van der Waals surface area contributed by atoms with Gasteiger partial charge in [-0.25, -0.2) is 0 Å². The molecule has 0 aliphatic carbocycles. The molecule has 0 aliphatic heterocycles. The molecule has 3 heteroatoms. The standard InChI is InChI=1S/C11H15NO2/c1-9(13)12-8-7-11(14)10-5-3-2-4-6-10/h2-6,11,14H,7-8H2,1H3,(H,12,13). The average Bonchev–Trinajstić information content (AvgIpc) is 2.18. The predicted octanol–water partition coefficient (Wildman–Crippen LogP) is 1.25. The van der Waals surface area contributed by atoms with Gasteiger partial charge in [0.1, 0.15) is 0 Å². The van der Waals surface area contributed by atoms with Crippen molar-refractivity contribution in [2.24, 2.45) is 0 Å². The highest BCUT2D eigenvalue weighted by Crippen LogP contribution is 2.14. The second-order valence-electron chi connectivity index (χ2n) is 3.20. The largest absolute Gasteiger partial charge is 0.388 e. The van der Waals surface area contributed by atoms with E-state index in [0.717, 1.165) is 5.56 Å². The molecule has 0 aromatic heterocycles. The molecule has 2 N–H and O–H groups in total. The highest BCUT2D eigenvalue weighted by molar-refractivity contribution is 5.72. The lowest BCUT2D eigenvalue weighted by molar-refractivity contribution is -0.119. The molecular formula is C11H15NO2. The number of hydrogen-bond acceptors (Lipinski definition) is 2. The third-order valence-corrected chi connectivity index (χ3v) is 1.98. The molecule has 1 amide bonds. The van der Waals surface area contributed by atoms with Gasteiger partial charge in [0.15, 0.2) is 0 Å². The summed E-state index contributed by atoms with van der Waals surface area (Å²) in [6, 6.07) is 9.43. The van der Waals surface area contributed by atoms with Crippen LogP contribution in [0.3, 0.4) is 0 Å². The van der Waals surface area contributed by atoms with E-state index in [-0.39, 0.29) is 5.91 Å². The Morgan fingerprint density at radius 1 is 1.43 bits per heavy atom. The number of nitrogens with one attached hydrogen (secondary N) is 1. The van der Waals surface area contributed by atoms with Crippen molar-refractivity contribution in [2.45, 2.75) is 19.4 Å². The van der Waals surface area contributed by atoms with Crippen LogP contribution in [0.5, 0.6) is 0 Å². The van der Waals surface area contributed by atoms with E-state index in [1.807, 2.05) is 30.3 Å². The highest BCUT2D eigenvalue weighted by Gasteiger charge is 2.05. The Morgan fingerprint density at radius 3 is 2.64 bits per heavy atom. The summed E-state index contributed by atoms with van der Waals surface area (Å²) in [6.07, 6.45) is 0.0481. The van der Waals surface area contributed by atoms with E-state index in [0.29, 0.717) is 13.0 Å². The molecule has 0 saturated carbocycles. The molecular weight excluding hydrogens is 178 g/mol. The number of hydrogen-bond donors (Lipinski definition) is 2. The SMILES string of the molecule is CC(=O)NCCC(O)c1ccccc1. The third-order valence-electron chi connectivity index (χ3n) is 1.98. The van der Waals surface area contributed by atoms with Gasteiger partial charge in [-0.1, -0.05) is 30.3 Å². The number of rotatable bonds is 4. The molecule has 0 heterocycles. The first-order valence-corrected chi connectivity index (χ1v) is 4.67. The monoisotopic (exact) mass is 193 g/mol. The number of carbonyl (C=O) groups is 1. The van der Waals surface area contributed by atoms with Crippen molar-refractivity contribution >= 4 is 5.91 Å². The lowest BCUT2D eigenvalue weighted by atomic mass is 10.1. The van der Waals surface area contributed by atoms with Gasteiger partial charge in [0.2, 0.25) is 5.91 Å². The lowest BCUT2D eigenvalue weighted by Gasteiger charge is -2.10. The van der Waals surface area contributed by atoms with Crippen molar-refractivity contribution in [1.29, 1.82) is 0 Å². The zero-order chi connectivity index (χ0) is 10.4. The second-order valence-corrected chi connectivity index (χ2v) is 3.20. The minimum Gasteiger partial charge on any atom is -0.388 e. The van der Waals surface area contributed by atoms with E-state index in [1.54, 1.807) is 0 Å². The number of aliphatic hydroxyl groups is 1. The Kier molecular flexibility index (Phi) is 4.13.